The molecule has 3 heteroatoms. The van der Waals surface area contributed by atoms with Crippen LogP contribution >= 0.6 is 11.6 Å². The van der Waals surface area contributed by atoms with Crippen molar-refractivity contribution in [2.24, 2.45) is 0 Å². The van der Waals surface area contributed by atoms with Crippen molar-refractivity contribution in [3.8, 4) is 0 Å². The van der Waals surface area contributed by atoms with E-state index >= 15 is 0 Å². The summed E-state index contributed by atoms with van der Waals surface area (Å²) in [6, 6.07) is 7.62. The second-order valence-corrected chi connectivity index (χ2v) is 7.71. The highest BCUT2D eigenvalue weighted by Gasteiger charge is 2.30. The molecule has 1 aromatic carbocycles. The van der Waals surface area contributed by atoms with Gasteiger partial charge in [0.1, 0.15) is 0 Å². The third kappa shape index (κ3) is 4.14. The fourth-order valence-electron chi connectivity index (χ4n) is 3.21. The molecule has 0 amide bonds. The van der Waals surface area contributed by atoms with Crippen LogP contribution in [0, 0.1) is 0 Å². The summed E-state index contributed by atoms with van der Waals surface area (Å²) in [4.78, 5) is 2.61. The Hall–Kier alpha value is -0.730. The number of nitrogens with one attached hydrogen (secondary N) is 1. The van der Waals surface area contributed by atoms with Crippen LogP contribution in [0.3, 0.4) is 0 Å². The third-order valence-electron chi connectivity index (χ3n) is 4.39. The first-order valence-corrected chi connectivity index (χ1v) is 8.51. The second kappa shape index (κ2) is 6.58. The Morgan fingerprint density at radius 3 is 2.62 bits per heavy atom. The molecule has 118 valence electrons. The molecule has 2 rings (SSSR count). The second-order valence-electron chi connectivity index (χ2n) is 7.27. The van der Waals surface area contributed by atoms with Gasteiger partial charge in [-0.15, -0.1) is 0 Å². The van der Waals surface area contributed by atoms with Crippen molar-refractivity contribution in [3.63, 3.8) is 0 Å². The van der Waals surface area contributed by atoms with E-state index in [1.807, 2.05) is 6.07 Å². The van der Waals surface area contributed by atoms with Crippen LogP contribution in [0.1, 0.15) is 59.4 Å². The van der Waals surface area contributed by atoms with Crippen molar-refractivity contribution in [1.29, 1.82) is 0 Å². The molecule has 2 unspecified atom stereocenters. The van der Waals surface area contributed by atoms with Gasteiger partial charge in [0, 0.05) is 34.9 Å². The van der Waals surface area contributed by atoms with Gasteiger partial charge in [0.2, 0.25) is 0 Å². The summed E-state index contributed by atoms with van der Waals surface area (Å²) >= 11 is 6.23. The molecule has 1 N–H and O–H groups in total. The summed E-state index contributed by atoms with van der Waals surface area (Å²) in [5.74, 6) is 0. The number of anilines is 1. The van der Waals surface area contributed by atoms with E-state index in [4.69, 9.17) is 11.6 Å². The van der Waals surface area contributed by atoms with E-state index in [2.05, 4.69) is 57.0 Å². The van der Waals surface area contributed by atoms with Crippen LogP contribution in [0.5, 0.6) is 0 Å². The van der Waals surface area contributed by atoms with Gasteiger partial charge in [-0.3, -0.25) is 0 Å². The Labute approximate surface area is 134 Å². The van der Waals surface area contributed by atoms with Crippen LogP contribution in [-0.2, 0) is 6.54 Å². The standard InChI is InChI=1S/C18H29ClN2/c1-6-16-9-7-13(2)21(16)17-10-8-15(19)11-14(17)12-20-18(3,4)5/h8,10-11,13,16,20H,6-7,9,12H2,1-5H3. The number of nitrogens with zero attached hydrogens (tertiary/aromatic N) is 1. The average Bonchev–Trinajstić information content (AvgIpc) is 2.77. The fourth-order valence-corrected chi connectivity index (χ4v) is 3.41. The maximum Gasteiger partial charge on any atom is 0.0417 e. The molecule has 2 atom stereocenters. The fraction of sp³-hybridized carbons (Fsp3) is 0.667. The van der Waals surface area contributed by atoms with Crippen molar-refractivity contribution in [3.05, 3.63) is 28.8 Å². The predicted molar refractivity (Wildman–Crippen MR) is 93.3 cm³/mol. The molecule has 21 heavy (non-hydrogen) atoms. The molecule has 1 heterocycles. The molecule has 1 aliphatic rings. The monoisotopic (exact) mass is 308 g/mol. The Balaban J connectivity index is 2.29. The molecular weight excluding hydrogens is 280 g/mol. The largest absolute Gasteiger partial charge is 0.366 e. The average molecular weight is 309 g/mol. The normalized spacial score (nSPS) is 22.9. The highest BCUT2D eigenvalue weighted by molar-refractivity contribution is 6.30. The van der Waals surface area contributed by atoms with Gasteiger partial charge in [0.25, 0.3) is 0 Å². The highest BCUT2D eigenvalue weighted by atomic mass is 35.5. The molecule has 0 saturated carbocycles. The minimum Gasteiger partial charge on any atom is -0.366 e. The Morgan fingerprint density at radius 2 is 2.00 bits per heavy atom. The summed E-state index contributed by atoms with van der Waals surface area (Å²) in [6.07, 6.45) is 3.79. The minimum absolute atomic E-state index is 0.111. The predicted octanol–water partition coefficient (Wildman–Crippen LogP) is 5.00. The number of halogens is 1. The molecule has 0 spiro atoms. The van der Waals surface area contributed by atoms with Gasteiger partial charge in [-0.05, 0) is 70.7 Å². The minimum atomic E-state index is 0.111. The van der Waals surface area contributed by atoms with Crippen molar-refractivity contribution < 1.29 is 0 Å². The summed E-state index contributed by atoms with van der Waals surface area (Å²) in [5, 5.41) is 4.42. The van der Waals surface area contributed by atoms with E-state index < -0.39 is 0 Å². The first-order valence-electron chi connectivity index (χ1n) is 8.13. The molecule has 0 aliphatic carbocycles. The van der Waals surface area contributed by atoms with Gasteiger partial charge in [-0.1, -0.05) is 18.5 Å². The number of hydrogen-bond donors (Lipinski definition) is 1. The lowest BCUT2D eigenvalue weighted by Gasteiger charge is -2.33. The number of hydrogen-bond acceptors (Lipinski definition) is 2. The number of benzene rings is 1. The molecule has 1 aromatic rings. The summed E-state index contributed by atoms with van der Waals surface area (Å²) in [7, 11) is 0. The smallest absolute Gasteiger partial charge is 0.0417 e. The lowest BCUT2D eigenvalue weighted by molar-refractivity contribution is 0.424. The molecule has 0 radical (unpaired) electrons. The van der Waals surface area contributed by atoms with E-state index in [1.165, 1.54) is 30.5 Å². The van der Waals surface area contributed by atoms with Crippen LogP contribution in [0.4, 0.5) is 5.69 Å². The zero-order valence-electron chi connectivity index (χ0n) is 14.0. The van der Waals surface area contributed by atoms with E-state index in [9.17, 15) is 0 Å². The first-order chi connectivity index (χ1) is 9.81. The first kappa shape index (κ1) is 16.6. The van der Waals surface area contributed by atoms with Crippen LogP contribution in [-0.4, -0.2) is 17.6 Å². The highest BCUT2D eigenvalue weighted by Crippen LogP contribution is 2.35. The Morgan fingerprint density at radius 1 is 1.29 bits per heavy atom. The molecule has 0 aromatic heterocycles. The summed E-state index contributed by atoms with van der Waals surface area (Å²) in [6.45, 7) is 12.1. The van der Waals surface area contributed by atoms with Gasteiger partial charge in [0.05, 0.1) is 0 Å². The van der Waals surface area contributed by atoms with Crippen LogP contribution in [0.15, 0.2) is 18.2 Å². The van der Waals surface area contributed by atoms with Crippen LogP contribution in [0.25, 0.3) is 0 Å². The zero-order valence-corrected chi connectivity index (χ0v) is 14.8. The zero-order chi connectivity index (χ0) is 15.6. The number of rotatable bonds is 4. The van der Waals surface area contributed by atoms with Crippen LogP contribution in [0.2, 0.25) is 5.02 Å². The van der Waals surface area contributed by atoms with Crippen molar-refractivity contribution >= 4 is 17.3 Å². The van der Waals surface area contributed by atoms with Gasteiger partial charge in [-0.2, -0.15) is 0 Å². The molecule has 1 saturated heterocycles. The lowest BCUT2D eigenvalue weighted by Crippen LogP contribution is -2.38. The van der Waals surface area contributed by atoms with Gasteiger partial charge in [-0.25, -0.2) is 0 Å². The van der Waals surface area contributed by atoms with Crippen molar-refractivity contribution in [2.75, 3.05) is 4.90 Å². The van der Waals surface area contributed by atoms with E-state index in [0.717, 1.165) is 11.6 Å². The maximum absolute atomic E-state index is 6.23. The van der Waals surface area contributed by atoms with E-state index in [0.29, 0.717) is 12.1 Å². The van der Waals surface area contributed by atoms with E-state index in [1.54, 1.807) is 0 Å². The summed E-state index contributed by atoms with van der Waals surface area (Å²) in [5.41, 5.74) is 2.78. The molecular formula is C18H29ClN2. The summed E-state index contributed by atoms with van der Waals surface area (Å²) < 4.78 is 0. The van der Waals surface area contributed by atoms with Crippen molar-refractivity contribution in [1.82, 2.24) is 5.32 Å². The lowest BCUT2D eigenvalue weighted by atomic mass is 10.1. The topological polar surface area (TPSA) is 15.3 Å². The van der Waals surface area contributed by atoms with Gasteiger partial charge < -0.3 is 10.2 Å². The van der Waals surface area contributed by atoms with E-state index in [-0.39, 0.29) is 5.54 Å². The maximum atomic E-state index is 6.23. The van der Waals surface area contributed by atoms with Crippen molar-refractivity contribution in [2.45, 2.75) is 78.0 Å². The molecule has 0 bridgehead atoms. The molecule has 1 fully saturated rings. The van der Waals surface area contributed by atoms with Gasteiger partial charge in [0.15, 0.2) is 0 Å². The third-order valence-corrected chi connectivity index (χ3v) is 4.62. The Kier molecular flexibility index (Phi) is 5.21. The molecule has 1 aliphatic heterocycles. The van der Waals surface area contributed by atoms with Crippen LogP contribution < -0.4 is 10.2 Å². The molecule has 2 nitrogen and oxygen atoms in total. The quantitative estimate of drug-likeness (QED) is 0.842. The Bertz CT molecular complexity index is 479. The van der Waals surface area contributed by atoms with Gasteiger partial charge >= 0.3 is 0 Å². The SMILES string of the molecule is CCC1CCC(C)N1c1ccc(Cl)cc1CNC(C)(C)C.